The number of rotatable bonds is 3. The van der Waals surface area contributed by atoms with Crippen molar-refractivity contribution in [1.82, 2.24) is 9.80 Å². The summed E-state index contributed by atoms with van der Waals surface area (Å²) in [5.74, 6) is 1.69. The number of nitrogens with one attached hydrogen (secondary N) is 1. The van der Waals surface area contributed by atoms with Gasteiger partial charge in [-0.3, -0.25) is 5.41 Å². The first-order chi connectivity index (χ1) is 7.29. The van der Waals surface area contributed by atoms with Crippen LogP contribution >= 0.6 is 0 Å². The Morgan fingerprint density at radius 2 is 2.20 bits per heavy atom. The highest BCUT2D eigenvalue weighted by molar-refractivity contribution is 5.79. The lowest BCUT2D eigenvalue weighted by Gasteiger charge is -2.31. The first-order valence-corrected chi connectivity index (χ1v) is 6.34. The highest BCUT2D eigenvalue weighted by atomic mass is 15.2. The second-order valence-corrected chi connectivity index (χ2v) is 4.90. The van der Waals surface area contributed by atoms with Crippen molar-refractivity contribution in [2.24, 2.45) is 5.92 Å². The smallest absolute Gasteiger partial charge is 0.0957 e. The largest absolute Gasteiger partial charge is 0.360 e. The number of hydrogen-bond donors (Lipinski definition) is 1. The third-order valence-corrected chi connectivity index (χ3v) is 3.77. The zero-order valence-electron chi connectivity index (χ0n) is 9.84. The van der Waals surface area contributed by atoms with Crippen molar-refractivity contribution >= 4 is 5.84 Å². The fraction of sp³-hybridized carbons (Fsp3) is 0.917. The summed E-state index contributed by atoms with van der Waals surface area (Å²) < 4.78 is 0. The van der Waals surface area contributed by atoms with E-state index in [-0.39, 0.29) is 0 Å². The lowest BCUT2D eigenvalue weighted by Crippen LogP contribution is -2.39. The average molecular weight is 209 g/mol. The van der Waals surface area contributed by atoms with Crippen LogP contribution in [0.2, 0.25) is 0 Å². The first kappa shape index (κ1) is 10.9. The Labute approximate surface area is 92.9 Å². The zero-order chi connectivity index (χ0) is 10.7. The van der Waals surface area contributed by atoms with Gasteiger partial charge in [0.2, 0.25) is 0 Å². The minimum Gasteiger partial charge on any atom is -0.360 e. The van der Waals surface area contributed by atoms with E-state index in [1.807, 2.05) is 0 Å². The van der Waals surface area contributed by atoms with E-state index >= 15 is 0 Å². The maximum atomic E-state index is 7.92. The quantitative estimate of drug-likeness (QED) is 0.768. The molecule has 15 heavy (non-hydrogen) atoms. The molecule has 0 spiro atoms. The van der Waals surface area contributed by atoms with Gasteiger partial charge in [-0.2, -0.15) is 0 Å². The van der Waals surface area contributed by atoms with Crippen LogP contribution in [0.5, 0.6) is 0 Å². The summed E-state index contributed by atoms with van der Waals surface area (Å²) in [6, 6.07) is 0. The Balaban J connectivity index is 1.79. The lowest BCUT2D eigenvalue weighted by atomic mass is 10.0. The summed E-state index contributed by atoms with van der Waals surface area (Å²) in [6.45, 7) is 8.21. The molecule has 2 saturated heterocycles. The van der Waals surface area contributed by atoms with E-state index in [2.05, 4.69) is 16.7 Å². The molecule has 0 aromatic heterocycles. The van der Waals surface area contributed by atoms with Crippen molar-refractivity contribution in [3.63, 3.8) is 0 Å². The fourth-order valence-corrected chi connectivity index (χ4v) is 2.75. The van der Waals surface area contributed by atoms with E-state index in [0.29, 0.717) is 0 Å². The van der Waals surface area contributed by atoms with Gasteiger partial charge >= 0.3 is 0 Å². The molecular formula is C12H23N3. The minimum absolute atomic E-state index is 0.809. The predicted octanol–water partition coefficient (Wildman–Crippen LogP) is 1.79. The molecule has 3 heteroatoms. The van der Waals surface area contributed by atoms with Crippen LogP contribution in [0, 0.1) is 11.3 Å². The van der Waals surface area contributed by atoms with E-state index in [4.69, 9.17) is 5.41 Å². The third kappa shape index (κ3) is 2.71. The van der Waals surface area contributed by atoms with Crippen LogP contribution < -0.4 is 0 Å². The third-order valence-electron chi connectivity index (χ3n) is 3.77. The summed E-state index contributed by atoms with van der Waals surface area (Å²) in [5.41, 5.74) is 0. The molecule has 86 valence electrons. The molecule has 1 N–H and O–H groups in total. The van der Waals surface area contributed by atoms with E-state index in [0.717, 1.165) is 31.3 Å². The summed E-state index contributed by atoms with van der Waals surface area (Å²) in [6.07, 6.45) is 4.84. The molecule has 2 heterocycles. The molecule has 1 unspecified atom stereocenters. The topological polar surface area (TPSA) is 30.3 Å². The van der Waals surface area contributed by atoms with Crippen molar-refractivity contribution < 1.29 is 0 Å². The summed E-state index contributed by atoms with van der Waals surface area (Å²) in [7, 11) is 0. The van der Waals surface area contributed by atoms with Crippen LogP contribution in [-0.4, -0.2) is 48.4 Å². The lowest BCUT2D eigenvalue weighted by molar-refractivity contribution is 0.290. The number of hydrogen-bond acceptors (Lipinski definition) is 2. The first-order valence-electron chi connectivity index (χ1n) is 6.34. The van der Waals surface area contributed by atoms with Crippen LogP contribution in [0.25, 0.3) is 0 Å². The second kappa shape index (κ2) is 4.97. The SMILES string of the molecule is CCN1CCC(CN2CCCCC2=N)C1. The summed E-state index contributed by atoms with van der Waals surface area (Å²) >= 11 is 0. The van der Waals surface area contributed by atoms with Gasteiger partial charge in [0.15, 0.2) is 0 Å². The Kier molecular flexibility index (Phi) is 3.62. The Morgan fingerprint density at radius 3 is 2.87 bits per heavy atom. The van der Waals surface area contributed by atoms with Gasteiger partial charge in [-0.15, -0.1) is 0 Å². The maximum Gasteiger partial charge on any atom is 0.0957 e. The van der Waals surface area contributed by atoms with Crippen molar-refractivity contribution in [1.29, 1.82) is 5.41 Å². The molecule has 0 bridgehead atoms. The van der Waals surface area contributed by atoms with Crippen LogP contribution in [-0.2, 0) is 0 Å². The standard InChI is InChI=1S/C12H23N3/c1-2-14-8-6-11(9-14)10-15-7-4-3-5-12(15)13/h11,13H,2-10H2,1H3. The molecular weight excluding hydrogens is 186 g/mol. The summed E-state index contributed by atoms with van der Waals surface area (Å²) in [5, 5.41) is 7.92. The van der Waals surface area contributed by atoms with Crippen molar-refractivity contribution in [3.05, 3.63) is 0 Å². The van der Waals surface area contributed by atoms with Crippen LogP contribution in [0.15, 0.2) is 0 Å². The van der Waals surface area contributed by atoms with Crippen LogP contribution in [0.3, 0.4) is 0 Å². The van der Waals surface area contributed by atoms with E-state index in [1.54, 1.807) is 0 Å². The molecule has 0 amide bonds. The van der Waals surface area contributed by atoms with Crippen LogP contribution in [0.4, 0.5) is 0 Å². The molecule has 2 aliphatic rings. The molecule has 2 rings (SSSR count). The normalized spacial score (nSPS) is 28.7. The van der Waals surface area contributed by atoms with E-state index < -0.39 is 0 Å². The van der Waals surface area contributed by atoms with Crippen molar-refractivity contribution in [3.8, 4) is 0 Å². The number of likely N-dealkylation sites (tertiary alicyclic amines) is 2. The molecule has 3 nitrogen and oxygen atoms in total. The molecule has 0 aromatic rings. The van der Waals surface area contributed by atoms with E-state index in [9.17, 15) is 0 Å². The Hall–Kier alpha value is -0.570. The van der Waals surface area contributed by atoms with Gasteiger partial charge in [-0.1, -0.05) is 6.92 Å². The highest BCUT2D eigenvalue weighted by Gasteiger charge is 2.25. The Bertz CT molecular complexity index is 227. The Morgan fingerprint density at radius 1 is 1.33 bits per heavy atom. The van der Waals surface area contributed by atoms with Gasteiger partial charge in [0, 0.05) is 26.1 Å². The van der Waals surface area contributed by atoms with Gasteiger partial charge in [-0.25, -0.2) is 0 Å². The van der Waals surface area contributed by atoms with Crippen LogP contribution in [0.1, 0.15) is 32.6 Å². The zero-order valence-corrected chi connectivity index (χ0v) is 9.84. The monoisotopic (exact) mass is 209 g/mol. The van der Waals surface area contributed by atoms with Gasteiger partial charge in [0.25, 0.3) is 0 Å². The average Bonchev–Trinajstić information content (AvgIpc) is 2.69. The van der Waals surface area contributed by atoms with Gasteiger partial charge in [-0.05, 0) is 38.3 Å². The number of nitrogens with zero attached hydrogens (tertiary/aromatic N) is 2. The molecule has 0 saturated carbocycles. The fourth-order valence-electron chi connectivity index (χ4n) is 2.75. The molecule has 0 radical (unpaired) electrons. The van der Waals surface area contributed by atoms with Crippen molar-refractivity contribution in [2.45, 2.75) is 32.6 Å². The molecule has 0 aromatic carbocycles. The molecule has 0 aliphatic carbocycles. The molecule has 1 atom stereocenters. The molecule has 2 fully saturated rings. The number of piperidine rings is 1. The number of amidine groups is 1. The van der Waals surface area contributed by atoms with Gasteiger partial charge in [0.05, 0.1) is 5.84 Å². The minimum atomic E-state index is 0.809. The summed E-state index contributed by atoms with van der Waals surface area (Å²) in [4.78, 5) is 4.84. The predicted molar refractivity (Wildman–Crippen MR) is 63.4 cm³/mol. The van der Waals surface area contributed by atoms with E-state index in [1.165, 1.54) is 38.9 Å². The second-order valence-electron chi connectivity index (χ2n) is 4.90. The van der Waals surface area contributed by atoms with Gasteiger partial charge in [0.1, 0.15) is 0 Å². The van der Waals surface area contributed by atoms with Crippen molar-refractivity contribution in [2.75, 3.05) is 32.7 Å². The van der Waals surface area contributed by atoms with Gasteiger partial charge < -0.3 is 9.80 Å². The maximum absolute atomic E-state index is 7.92. The highest BCUT2D eigenvalue weighted by Crippen LogP contribution is 2.19. The molecule has 2 aliphatic heterocycles.